The smallest absolute Gasteiger partial charge is 0.290 e. The van der Waals surface area contributed by atoms with Gasteiger partial charge in [0.05, 0.1) is 23.7 Å². The van der Waals surface area contributed by atoms with Crippen LogP contribution in [0.15, 0.2) is 36.5 Å². The monoisotopic (exact) mass is 322 g/mol. The fourth-order valence-corrected chi connectivity index (χ4v) is 3.36. The highest BCUT2D eigenvalue weighted by Crippen LogP contribution is 2.29. The normalized spacial score (nSPS) is 17.1. The second kappa shape index (κ2) is 5.72. The molecule has 3 heterocycles. The Labute approximate surface area is 139 Å². The lowest BCUT2D eigenvalue weighted by molar-refractivity contribution is 0.0665. The average molecular weight is 322 g/mol. The zero-order chi connectivity index (χ0) is 16.7. The number of nitrogens with zero attached hydrogens (tertiary/aromatic N) is 3. The van der Waals surface area contributed by atoms with Gasteiger partial charge in [-0.1, -0.05) is 18.2 Å². The van der Waals surface area contributed by atoms with Gasteiger partial charge in [-0.25, -0.2) is 4.98 Å². The fourth-order valence-electron chi connectivity index (χ4n) is 3.36. The van der Waals surface area contributed by atoms with Gasteiger partial charge >= 0.3 is 0 Å². The zero-order valence-corrected chi connectivity index (χ0v) is 13.4. The van der Waals surface area contributed by atoms with Crippen LogP contribution >= 0.6 is 0 Å². The van der Waals surface area contributed by atoms with Crippen molar-refractivity contribution in [2.75, 3.05) is 6.54 Å². The van der Waals surface area contributed by atoms with E-state index in [1.54, 1.807) is 6.20 Å². The lowest BCUT2D eigenvalue weighted by atomic mass is 9.98. The number of para-hydroxylation sites is 1. The number of aliphatic hydroxyl groups excluding tert-OH is 1. The number of aliphatic hydroxyl groups is 1. The fraction of sp³-hybridized carbons (Fsp3) is 0.278. The van der Waals surface area contributed by atoms with E-state index in [-0.39, 0.29) is 18.6 Å². The molecule has 1 unspecified atom stereocenters. The molecular weight excluding hydrogens is 304 g/mol. The number of pyridine rings is 1. The maximum atomic E-state index is 12.9. The quantitative estimate of drug-likeness (QED) is 0.758. The predicted molar refractivity (Wildman–Crippen MR) is 89.4 cm³/mol. The molecule has 0 spiro atoms. The van der Waals surface area contributed by atoms with E-state index in [2.05, 4.69) is 15.0 Å². The number of fused-ring (bicyclic) bond motifs is 2. The molecule has 1 aromatic carbocycles. The van der Waals surface area contributed by atoms with E-state index < -0.39 is 0 Å². The van der Waals surface area contributed by atoms with Gasteiger partial charge in [0.25, 0.3) is 5.91 Å². The third kappa shape index (κ3) is 2.27. The van der Waals surface area contributed by atoms with Crippen LogP contribution in [0.4, 0.5) is 0 Å². The second-order valence-corrected chi connectivity index (χ2v) is 6.02. The first-order valence-electron chi connectivity index (χ1n) is 8.02. The molecule has 4 rings (SSSR count). The Balaban J connectivity index is 1.69. The summed E-state index contributed by atoms with van der Waals surface area (Å²) in [6.07, 6.45) is 2.53. The summed E-state index contributed by atoms with van der Waals surface area (Å²) >= 11 is 0. The highest BCUT2D eigenvalue weighted by molar-refractivity contribution is 5.95. The molecule has 2 N–H and O–H groups in total. The molecule has 1 aliphatic rings. The van der Waals surface area contributed by atoms with Gasteiger partial charge in [-0.05, 0) is 24.6 Å². The van der Waals surface area contributed by atoms with Crippen molar-refractivity contribution in [3.63, 3.8) is 0 Å². The van der Waals surface area contributed by atoms with Crippen LogP contribution in [0.25, 0.3) is 11.0 Å². The first-order chi connectivity index (χ1) is 11.7. The van der Waals surface area contributed by atoms with E-state index >= 15 is 0 Å². The molecule has 0 saturated heterocycles. The van der Waals surface area contributed by atoms with Crippen molar-refractivity contribution < 1.29 is 9.90 Å². The van der Waals surface area contributed by atoms with Crippen molar-refractivity contribution in [2.45, 2.75) is 26.0 Å². The largest absolute Gasteiger partial charge is 0.392 e. The van der Waals surface area contributed by atoms with Crippen LogP contribution in [0.1, 0.15) is 40.4 Å². The number of hydrogen-bond donors (Lipinski definition) is 2. The van der Waals surface area contributed by atoms with Crippen molar-refractivity contribution in [3.05, 3.63) is 59.2 Å². The Morgan fingerprint density at radius 3 is 3.08 bits per heavy atom. The summed E-state index contributed by atoms with van der Waals surface area (Å²) in [6.45, 7) is 2.53. The number of carbonyl (C=O) groups is 1. The molecule has 0 fully saturated rings. The van der Waals surface area contributed by atoms with E-state index in [1.807, 2.05) is 42.2 Å². The molecule has 0 aliphatic carbocycles. The van der Waals surface area contributed by atoms with E-state index in [4.69, 9.17) is 0 Å². The van der Waals surface area contributed by atoms with Gasteiger partial charge in [-0.15, -0.1) is 0 Å². The molecule has 1 amide bonds. The van der Waals surface area contributed by atoms with Crippen LogP contribution in [0.2, 0.25) is 0 Å². The number of rotatable bonds is 2. The van der Waals surface area contributed by atoms with Gasteiger partial charge in [0.15, 0.2) is 5.82 Å². The number of carbonyl (C=O) groups excluding carboxylic acids is 1. The summed E-state index contributed by atoms with van der Waals surface area (Å²) in [4.78, 5) is 26.7. The summed E-state index contributed by atoms with van der Waals surface area (Å²) < 4.78 is 0. The Bertz CT molecular complexity index is 918. The van der Waals surface area contributed by atoms with Crippen molar-refractivity contribution in [3.8, 4) is 0 Å². The average Bonchev–Trinajstić information content (AvgIpc) is 3.06. The molecule has 0 radical (unpaired) electrons. The highest BCUT2D eigenvalue weighted by Gasteiger charge is 2.30. The lowest BCUT2D eigenvalue weighted by Crippen LogP contribution is -2.39. The van der Waals surface area contributed by atoms with Crippen molar-refractivity contribution in [1.29, 1.82) is 0 Å². The molecule has 3 aromatic rings. The van der Waals surface area contributed by atoms with E-state index in [0.29, 0.717) is 23.4 Å². The molecule has 24 heavy (non-hydrogen) atoms. The Hall–Kier alpha value is -2.73. The molecule has 6 heteroatoms. The van der Waals surface area contributed by atoms with Crippen LogP contribution < -0.4 is 0 Å². The second-order valence-electron chi connectivity index (χ2n) is 6.02. The van der Waals surface area contributed by atoms with Crippen LogP contribution in [-0.4, -0.2) is 37.4 Å². The SMILES string of the molecule is CC1c2cccnc2CCN1C(=O)c1nc2c(CO)cccc2[nH]1. The van der Waals surface area contributed by atoms with Crippen molar-refractivity contribution in [2.24, 2.45) is 0 Å². The minimum absolute atomic E-state index is 0.0412. The number of hydrogen-bond acceptors (Lipinski definition) is 4. The van der Waals surface area contributed by atoms with Gasteiger partial charge in [0.1, 0.15) is 0 Å². The van der Waals surface area contributed by atoms with Crippen LogP contribution in [0.5, 0.6) is 0 Å². The Morgan fingerprint density at radius 1 is 1.38 bits per heavy atom. The number of H-pyrrole nitrogens is 1. The molecular formula is C18H18N4O2. The summed E-state index contributed by atoms with van der Waals surface area (Å²) in [5.74, 6) is 0.183. The molecule has 0 saturated carbocycles. The van der Waals surface area contributed by atoms with Crippen LogP contribution in [0.3, 0.4) is 0 Å². The summed E-state index contributed by atoms with van der Waals surface area (Å²) in [5.41, 5.74) is 4.27. The Kier molecular flexibility index (Phi) is 3.54. The van der Waals surface area contributed by atoms with Crippen LogP contribution in [0, 0.1) is 0 Å². The first kappa shape index (κ1) is 14.8. The maximum absolute atomic E-state index is 12.9. The van der Waals surface area contributed by atoms with Crippen molar-refractivity contribution in [1.82, 2.24) is 19.9 Å². The van der Waals surface area contributed by atoms with E-state index in [0.717, 1.165) is 23.2 Å². The third-order valence-electron chi connectivity index (χ3n) is 4.66. The minimum atomic E-state index is -0.128. The summed E-state index contributed by atoms with van der Waals surface area (Å²) in [7, 11) is 0. The number of amides is 1. The number of aromatic nitrogens is 3. The molecule has 1 atom stereocenters. The van der Waals surface area contributed by atoms with Gasteiger partial charge in [0.2, 0.25) is 0 Å². The van der Waals surface area contributed by atoms with Gasteiger partial charge in [-0.3, -0.25) is 9.78 Å². The molecule has 1 aliphatic heterocycles. The highest BCUT2D eigenvalue weighted by atomic mass is 16.3. The lowest BCUT2D eigenvalue weighted by Gasteiger charge is -2.34. The van der Waals surface area contributed by atoms with E-state index in [1.165, 1.54) is 0 Å². The standard InChI is InChI=1S/C18H18N4O2/c1-11-13-5-3-8-19-14(13)7-9-22(11)18(24)17-20-15-6-2-4-12(10-23)16(15)21-17/h2-6,8,11,23H,7,9-10H2,1H3,(H,20,21). The molecule has 2 aromatic heterocycles. The number of benzene rings is 1. The molecule has 0 bridgehead atoms. The Morgan fingerprint density at radius 2 is 2.25 bits per heavy atom. The van der Waals surface area contributed by atoms with Crippen LogP contribution in [-0.2, 0) is 13.0 Å². The third-order valence-corrected chi connectivity index (χ3v) is 4.66. The molecule has 122 valence electrons. The minimum Gasteiger partial charge on any atom is -0.392 e. The van der Waals surface area contributed by atoms with E-state index in [9.17, 15) is 9.90 Å². The first-order valence-corrected chi connectivity index (χ1v) is 8.02. The van der Waals surface area contributed by atoms with Gasteiger partial charge in [0, 0.05) is 30.4 Å². The number of aromatic amines is 1. The topological polar surface area (TPSA) is 82.1 Å². The number of nitrogens with one attached hydrogen (secondary N) is 1. The predicted octanol–water partition coefficient (Wildman–Crippen LogP) is 2.21. The number of imidazole rings is 1. The summed E-state index contributed by atoms with van der Waals surface area (Å²) in [5, 5.41) is 9.43. The molecule has 6 nitrogen and oxygen atoms in total. The summed E-state index contributed by atoms with van der Waals surface area (Å²) in [6, 6.07) is 9.39. The zero-order valence-electron chi connectivity index (χ0n) is 13.4. The van der Waals surface area contributed by atoms with Gasteiger partial charge in [-0.2, -0.15) is 0 Å². The maximum Gasteiger partial charge on any atom is 0.290 e. The van der Waals surface area contributed by atoms with Gasteiger partial charge < -0.3 is 15.0 Å². The van der Waals surface area contributed by atoms with Crippen molar-refractivity contribution >= 4 is 16.9 Å².